The van der Waals surface area contributed by atoms with Gasteiger partial charge in [0, 0.05) is 5.56 Å². The molecule has 4 heteroatoms. The summed E-state index contributed by atoms with van der Waals surface area (Å²) in [6, 6.07) is 23.1. The molecule has 0 aliphatic heterocycles. The zero-order valence-corrected chi connectivity index (χ0v) is 11.9. The lowest BCUT2D eigenvalue weighted by atomic mass is 10.1. The van der Waals surface area contributed by atoms with Crippen LogP contribution in [0.5, 0.6) is 0 Å². The average molecular weight is 288 g/mol. The summed E-state index contributed by atoms with van der Waals surface area (Å²) in [5.41, 5.74) is 1.54. The second-order valence-corrected chi connectivity index (χ2v) is 4.84. The van der Waals surface area contributed by atoms with E-state index in [0.29, 0.717) is 12.1 Å². The van der Waals surface area contributed by atoms with Crippen molar-refractivity contribution in [3.8, 4) is 0 Å². The van der Waals surface area contributed by atoms with Crippen molar-refractivity contribution in [3.05, 3.63) is 83.9 Å². The number of amides is 1. The Morgan fingerprint density at radius 1 is 0.864 bits per heavy atom. The summed E-state index contributed by atoms with van der Waals surface area (Å²) in [6.07, 6.45) is 0. The van der Waals surface area contributed by atoms with Gasteiger partial charge < -0.3 is 0 Å². The highest BCUT2D eigenvalue weighted by Gasteiger charge is 2.07. The largest absolute Gasteiger partial charge is 0.360 e. The fourth-order valence-electron chi connectivity index (χ4n) is 2.16. The van der Waals surface area contributed by atoms with E-state index in [1.807, 2.05) is 30.3 Å². The fourth-order valence-corrected chi connectivity index (χ4v) is 2.16. The van der Waals surface area contributed by atoms with E-state index in [2.05, 4.69) is 33.3 Å². The molecule has 0 spiro atoms. The van der Waals surface area contributed by atoms with Crippen molar-refractivity contribution < 1.29 is 4.79 Å². The Morgan fingerprint density at radius 3 is 2.41 bits per heavy atom. The van der Waals surface area contributed by atoms with E-state index in [4.69, 9.17) is 0 Å². The molecular formula is C18H14N3O+. The van der Waals surface area contributed by atoms with E-state index in [1.54, 1.807) is 24.3 Å². The van der Waals surface area contributed by atoms with Gasteiger partial charge in [-0.15, -0.1) is 0 Å². The van der Waals surface area contributed by atoms with Crippen LogP contribution in [0.4, 0.5) is 0 Å². The Morgan fingerprint density at radius 2 is 1.59 bits per heavy atom. The number of hydrogen-bond donors (Lipinski definition) is 0. The molecule has 1 amide bonds. The molecule has 3 aromatic carbocycles. The summed E-state index contributed by atoms with van der Waals surface area (Å²) in [6.45, 7) is 0.399. The zero-order valence-electron chi connectivity index (χ0n) is 11.9. The van der Waals surface area contributed by atoms with Gasteiger partial charge in [-0.2, -0.15) is 0 Å². The number of hydrogen-bond acceptors (Lipinski definition) is 2. The van der Waals surface area contributed by atoms with Gasteiger partial charge in [-0.1, -0.05) is 54.6 Å². The predicted octanol–water partition coefficient (Wildman–Crippen LogP) is 4.15. The van der Waals surface area contributed by atoms with Crippen LogP contribution < -0.4 is 4.91 Å². The molecule has 0 heterocycles. The minimum absolute atomic E-state index is 0.386. The minimum atomic E-state index is -0.386. The van der Waals surface area contributed by atoms with Crippen molar-refractivity contribution in [1.82, 2.24) is 4.91 Å². The number of fused-ring (bicyclic) bond motifs is 1. The van der Waals surface area contributed by atoms with E-state index in [-0.39, 0.29) is 5.91 Å². The third-order valence-electron chi connectivity index (χ3n) is 3.29. The van der Waals surface area contributed by atoms with Crippen molar-refractivity contribution in [2.24, 2.45) is 10.2 Å². The lowest BCUT2D eigenvalue weighted by Crippen LogP contribution is -1.93. The SMILES string of the molecule is O=C(N=[N+]=NCc1ccc2ccccc2c1)c1ccccc1. The van der Waals surface area contributed by atoms with Crippen molar-refractivity contribution in [2.75, 3.05) is 0 Å². The van der Waals surface area contributed by atoms with E-state index >= 15 is 0 Å². The Balaban J connectivity index is 1.70. The van der Waals surface area contributed by atoms with Crippen LogP contribution in [-0.2, 0) is 6.54 Å². The van der Waals surface area contributed by atoms with Crippen molar-refractivity contribution in [1.29, 1.82) is 0 Å². The molecular weight excluding hydrogens is 274 g/mol. The second kappa shape index (κ2) is 6.57. The summed E-state index contributed by atoms with van der Waals surface area (Å²) < 4.78 is 0. The van der Waals surface area contributed by atoms with E-state index in [0.717, 1.165) is 10.9 Å². The van der Waals surface area contributed by atoms with E-state index in [9.17, 15) is 4.79 Å². The molecule has 0 atom stereocenters. The van der Waals surface area contributed by atoms with Gasteiger partial charge in [0.2, 0.25) is 10.0 Å². The smallest absolute Gasteiger partial charge is 0.259 e. The molecule has 0 unspecified atom stereocenters. The first-order chi connectivity index (χ1) is 10.8. The van der Waals surface area contributed by atoms with E-state index in [1.165, 1.54) is 5.39 Å². The van der Waals surface area contributed by atoms with Crippen molar-refractivity contribution in [3.63, 3.8) is 0 Å². The van der Waals surface area contributed by atoms with Gasteiger partial charge in [0.1, 0.15) is 11.7 Å². The van der Waals surface area contributed by atoms with Crippen LogP contribution in [0.15, 0.2) is 83.0 Å². The Labute approximate surface area is 127 Å². The molecule has 3 aromatic rings. The number of carbonyl (C=O) groups excluding carboxylic acids is 1. The highest BCUT2D eigenvalue weighted by atomic mass is 16.1. The molecule has 0 saturated carbocycles. The maximum absolute atomic E-state index is 11.7. The molecule has 0 aliphatic rings. The standard InChI is InChI=1S/C18H14N3O/c22-18(16-7-2-1-3-8-16)20-21-19-13-14-10-11-15-6-4-5-9-17(15)12-14/h1-12H,13H2/q+1. The summed E-state index contributed by atoms with van der Waals surface area (Å²) in [5, 5.41) is 9.89. The normalized spacial score (nSPS) is 10.0. The van der Waals surface area contributed by atoms with Crippen molar-refractivity contribution >= 4 is 16.7 Å². The van der Waals surface area contributed by atoms with Gasteiger partial charge in [-0.05, 0) is 34.5 Å². The van der Waals surface area contributed by atoms with Gasteiger partial charge in [-0.3, -0.25) is 4.79 Å². The summed E-state index contributed by atoms with van der Waals surface area (Å²) in [5.74, 6) is -0.386. The topological polar surface area (TPSA) is 55.9 Å². The van der Waals surface area contributed by atoms with Crippen LogP contribution in [-0.4, -0.2) is 5.91 Å². The van der Waals surface area contributed by atoms with Gasteiger partial charge in [0.25, 0.3) is 0 Å². The maximum Gasteiger partial charge on any atom is 0.360 e. The highest BCUT2D eigenvalue weighted by Crippen LogP contribution is 2.15. The zero-order chi connectivity index (χ0) is 15.2. The second-order valence-electron chi connectivity index (χ2n) is 4.84. The average Bonchev–Trinajstić information content (AvgIpc) is 2.59. The van der Waals surface area contributed by atoms with Gasteiger partial charge in [0.15, 0.2) is 0 Å². The fraction of sp³-hybridized carbons (Fsp3) is 0.0556. The lowest BCUT2D eigenvalue weighted by Gasteiger charge is -1.98. The Bertz CT molecular complexity index is 866. The Hall–Kier alpha value is -3.10. The van der Waals surface area contributed by atoms with Crippen LogP contribution in [0, 0.1) is 0 Å². The minimum Gasteiger partial charge on any atom is -0.259 e. The predicted molar refractivity (Wildman–Crippen MR) is 85.4 cm³/mol. The maximum atomic E-state index is 11.7. The van der Waals surface area contributed by atoms with Crippen LogP contribution in [0.2, 0.25) is 0 Å². The highest BCUT2D eigenvalue weighted by molar-refractivity contribution is 5.94. The quantitative estimate of drug-likeness (QED) is 0.527. The van der Waals surface area contributed by atoms with Crippen LogP contribution >= 0.6 is 0 Å². The molecule has 106 valence electrons. The molecule has 22 heavy (non-hydrogen) atoms. The summed E-state index contributed by atoms with van der Waals surface area (Å²) in [4.78, 5) is 15.3. The molecule has 0 bridgehead atoms. The summed E-state index contributed by atoms with van der Waals surface area (Å²) >= 11 is 0. The van der Waals surface area contributed by atoms with Gasteiger partial charge >= 0.3 is 5.91 Å². The third kappa shape index (κ3) is 3.32. The third-order valence-corrected chi connectivity index (χ3v) is 3.29. The van der Waals surface area contributed by atoms with Crippen LogP contribution in [0.3, 0.4) is 0 Å². The molecule has 0 fully saturated rings. The first-order valence-corrected chi connectivity index (χ1v) is 6.97. The van der Waals surface area contributed by atoms with Crippen molar-refractivity contribution in [2.45, 2.75) is 6.54 Å². The van der Waals surface area contributed by atoms with Gasteiger partial charge in [0.05, 0.1) is 0 Å². The lowest BCUT2D eigenvalue weighted by molar-refractivity contribution is 0.0992. The molecule has 0 aromatic heterocycles. The van der Waals surface area contributed by atoms with Crippen LogP contribution in [0.1, 0.15) is 15.9 Å². The van der Waals surface area contributed by atoms with Crippen LogP contribution in [0.25, 0.3) is 10.8 Å². The molecule has 0 radical (unpaired) electrons. The molecule has 4 nitrogen and oxygen atoms in total. The number of rotatable bonds is 3. The molecule has 0 saturated heterocycles. The van der Waals surface area contributed by atoms with Gasteiger partial charge in [-0.25, -0.2) is 0 Å². The summed E-state index contributed by atoms with van der Waals surface area (Å²) in [7, 11) is 0. The first-order valence-electron chi connectivity index (χ1n) is 6.97. The number of benzene rings is 3. The molecule has 3 rings (SSSR count). The molecule has 0 aliphatic carbocycles. The molecule has 0 N–H and O–H groups in total. The number of nitrogens with zero attached hydrogens (tertiary/aromatic N) is 3. The Kier molecular flexibility index (Phi) is 4.14. The first kappa shape index (κ1) is 13.9. The number of carbonyl (C=O) groups is 1. The van der Waals surface area contributed by atoms with E-state index < -0.39 is 0 Å². The monoisotopic (exact) mass is 288 g/mol.